The molecule has 1 amide bonds. The van der Waals surface area contributed by atoms with Crippen LogP contribution in [0.3, 0.4) is 0 Å². The SMILES string of the molecule is Nc1n[nH]c(CCC(=O)NC2CCCc3c2cnn3-c2ccccn2)n1. The first-order valence-electron chi connectivity index (χ1n) is 8.65. The van der Waals surface area contributed by atoms with E-state index in [1.165, 1.54) is 0 Å². The average molecular weight is 352 g/mol. The summed E-state index contributed by atoms with van der Waals surface area (Å²) in [5, 5.41) is 14.1. The van der Waals surface area contributed by atoms with E-state index in [9.17, 15) is 4.79 Å². The molecular weight excluding hydrogens is 332 g/mol. The van der Waals surface area contributed by atoms with E-state index in [4.69, 9.17) is 5.73 Å². The average Bonchev–Trinajstić information content (AvgIpc) is 3.27. The molecule has 3 heterocycles. The zero-order valence-corrected chi connectivity index (χ0v) is 14.2. The summed E-state index contributed by atoms with van der Waals surface area (Å²) >= 11 is 0. The third kappa shape index (κ3) is 3.28. The van der Waals surface area contributed by atoms with Crippen LogP contribution in [-0.2, 0) is 17.6 Å². The lowest BCUT2D eigenvalue weighted by molar-refractivity contribution is -0.121. The van der Waals surface area contributed by atoms with Crippen molar-refractivity contribution in [1.29, 1.82) is 0 Å². The van der Waals surface area contributed by atoms with Gasteiger partial charge in [-0.15, -0.1) is 5.10 Å². The molecule has 9 heteroatoms. The summed E-state index contributed by atoms with van der Waals surface area (Å²) < 4.78 is 1.87. The molecule has 4 rings (SSSR count). The van der Waals surface area contributed by atoms with E-state index in [-0.39, 0.29) is 17.9 Å². The number of nitrogens with zero attached hydrogens (tertiary/aromatic N) is 5. The third-order valence-electron chi connectivity index (χ3n) is 4.52. The van der Waals surface area contributed by atoms with Crippen molar-refractivity contribution < 1.29 is 4.79 Å². The number of hydrogen-bond acceptors (Lipinski definition) is 6. The molecule has 0 fully saturated rings. The summed E-state index contributed by atoms with van der Waals surface area (Å²) in [5.41, 5.74) is 7.65. The van der Waals surface area contributed by atoms with Crippen LogP contribution in [0.2, 0.25) is 0 Å². The van der Waals surface area contributed by atoms with E-state index in [0.29, 0.717) is 18.7 Å². The molecule has 1 aliphatic carbocycles. The summed E-state index contributed by atoms with van der Waals surface area (Å²) in [6.07, 6.45) is 7.22. The number of anilines is 1. The topological polar surface area (TPSA) is 127 Å². The van der Waals surface area contributed by atoms with Gasteiger partial charge in [0.1, 0.15) is 5.82 Å². The Morgan fingerprint density at radius 3 is 3.12 bits per heavy atom. The molecule has 1 unspecified atom stereocenters. The van der Waals surface area contributed by atoms with Gasteiger partial charge in [0.25, 0.3) is 0 Å². The molecule has 1 aliphatic rings. The molecule has 9 nitrogen and oxygen atoms in total. The maximum Gasteiger partial charge on any atom is 0.239 e. The molecule has 0 bridgehead atoms. The first-order valence-corrected chi connectivity index (χ1v) is 8.65. The fraction of sp³-hybridized carbons (Fsp3) is 0.353. The summed E-state index contributed by atoms with van der Waals surface area (Å²) in [6, 6.07) is 5.72. The largest absolute Gasteiger partial charge is 0.367 e. The predicted octanol–water partition coefficient (Wildman–Crippen LogP) is 1.09. The summed E-state index contributed by atoms with van der Waals surface area (Å²) in [6.45, 7) is 0. The Bertz CT molecular complexity index is 901. The minimum Gasteiger partial charge on any atom is -0.367 e. The smallest absolute Gasteiger partial charge is 0.239 e. The second kappa shape index (κ2) is 6.95. The molecule has 3 aromatic heterocycles. The number of nitrogens with one attached hydrogen (secondary N) is 2. The molecule has 0 aromatic carbocycles. The van der Waals surface area contributed by atoms with Crippen LogP contribution in [0.25, 0.3) is 5.82 Å². The molecule has 0 aliphatic heterocycles. The van der Waals surface area contributed by atoms with Gasteiger partial charge in [-0.05, 0) is 31.4 Å². The van der Waals surface area contributed by atoms with Gasteiger partial charge in [-0.25, -0.2) is 9.67 Å². The van der Waals surface area contributed by atoms with Crippen LogP contribution in [0.4, 0.5) is 5.95 Å². The molecule has 4 N–H and O–H groups in total. The van der Waals surface area contributed by atoms with Gasteiger partial charge in [-0.3, -0.25) is 9.89 Å². The predicted molar refractivity (Wildman–Crippen MR) is 94.3 cm³/mol. The Labute approximate surface area is 150 Å². The fourth-order valence-corrected chi connectivity index (χ4v) is 3.30. The minimum absolute atomic E-state index is 0.0245. The highest BCUT2D eigenvalue weighted by atomic mass is 16.1. The van der Waals surface area contributed by atoms with Crippen molar-refractivity contribution in [1.82, 2.24) is 35.3 Å². The second-order valence-electron chi connectivity index (χ2n) is 6.30. The van der Waals surface area contributed by atoms with Crippen LogP contribution in [0.15, 0.2) is 30.6 Å². The van der Waals surface area contributed by atoms with Gasteiger partial charge in [-0.2, -0.15) is 10.1 Å². The van der Waals surface area contributed by atoms with Crippen LogP contribution >= 0.6 is 0 Å². The minimum atomic E-state index is -0.0246. The Morgan fingerprint density at radius 1 is 1.42 bits per heavy atom. The normalized spacial score (nSPS) is 16.2. The van der Waals surface area contributed by atoms with Crippen molar-refractivity contribution in [3.05, 3.63) is 47.7 Å². The maximum absolute atomic E-state index is 12.3. The molecule has 0 saturated carbocycles. The van der Waals surface area contributed by atoms with Crippen molar-refractivity contribution in [3.8, 4) is 5.82 Å². The van der Waals surface area contributed by atoms with Crippen LogP contribution in [0, 0.1) is 0 Å². The number of aromatic amines is 1. The highest BCUT2D eigenvalue weighted by Crippen LogP contribution is 2.30. The number of aryl methyl sites for hydroxylation is 1. The van der Waals surface area contributed by atoms with Crippen LogP contribution in [0.1, 0.15) is 42.4 Å². The second-order valence-corrected chi connectivity index (χ2v) is 6.30. The van der Waals surface area contributed by atoms with Gasteiger partial charge < -0.3 is 11.1 Å². The van der Waals surface area contributed by atoms with Crippen LogP contribution in [-0.4, -0.2) is 35.9 Å². The number of carbonyl (C=O) groups is 1. The Balaban J connectivity index is 1.45. The zero-order valence-electron chi connectivity index (χ0n) is 14.2. The molecule has 0 radical (unpaired) electrons. The monoisotopic (exact) mass is 352 g/mol. The summed E-state index contributed by atoms with van der Waals surface area (Å²) in [7, 11) is 0. The molecule has 0 saturated heterocycles. The van der Waals surface area contributed by atoms with Crippen molar-refractivity contribution in [2.45, 2.75) is 38.1 Å². The lowest BCUT2D eigenvalue weighted by atomic mass is 9.93. The number of fused-ring (bicyclic) bond motifs is 1. The highest BCUT2D eigenvalue weighted by molar-refractivity contribution is 5.76. The van der Waals surface area contributed by atoms with E-state index in [0.717, 1.165) is 36.3 Å². The van der Waals surface area contributed by atoms with Gasteiger partial charge in [-0.1, -0.05) is 6.07 Å². The Morgan fingerprint density at radius 2 is 2.35 bits per heavy atom. The van der Waals surface area contributed by atoms with Crippen molar-refractivity contribution in [2.75, 3.05) is 5.73 Å². The lowest BCUT2D eigenvalue weighted by Crippen LogP contribution is -2.31. The van der Waals surface area contributed by atoms with Gasteiger partial charge >= 0.3 is 0 Å². The quantitative estimate of drug-likeness (QED) is 0.631. The number of rotatable bonds is 5. The van der Waals surface area contributed by atoms with E-state index >= 15 is 0 Å². The Hall–Kier alpha value is -3.23. The number of H-pyrrole nitrogens is 1. The highest BCUT2D eigenvalue weighted by Gasteiger charge is 2.26. The first kappa shape index (κ1) is 16.2. The fourth-order valence-electron chi connectivity index (χ4n) is 3.30. The number of aromatic nitrogens is 6. The molecular formula is C17H20N8O. The third-order valence-corrected chi connectivity index (χ3v) is 4.52. The van der Waals surface area contributed by atoms with Crippen LogP contribution < -0.4 is 11.1 Å². The molecule has 0 spiro atoms. The number of nitrogens with two attached hydrogens (primary N) is 1. The van der Waals surface area contributed by atoms with E-state index in [1.807, 2.05) is 29.1 Å². The van der Waals surface area contributed by atoms with Gasteiger partial charge in [0.2, 0.25) is 11.9 Å². The molecule has 26 heavy (non-hydrogen) atoms. The number of nitrogen functional groups attached to an aromatic ring is 1. The standard InChI is InChI=1S/C17H20N8O/c18-17-22-14(23-24-17)7-8-16(26)21-12-4-3-5-13-11(12)10-20-25(13)15-6-1-2-9-19-15/h1-2,6,9-10,12H,3-5,7-8H2,(H,21,26)(H3,18,22,23,24). The Kier molecular flexibility index (Phi) is 4.34. The number of pyridine rings is 1. The summed E-state index contributed by atoms with van der Waals surface area (Å²) in [4.78, 5) is 20.7. The number of amides is 1. The summed E-state index contributed by atoms with van der Waals surface area (Å²) in [5.74, 6) is 1.58. The van der Waals surface area contributed by atoms with Crippen molar-refractivity contribution in [3.63, 3.8) is 0 Å². The number of carbonyl (C=O) groups excluding carboxylic acids is 1. The molecule has 1 atom stereocenters. The lowest BCUT2D eigenvalue weighted by Gasteiger charge is -2.24. The van der Waals surface area contributed by atoms with Gasteiger partial charge in [0.05, 0.1) is 17.9 Å². The first-order chi connectivity index (χ1) is 12.7. The van der Waals surface area contributed by atoms with Gasteiger partial charge in [0.15, 0.2) is 5.82 Å². The van der Waals surface area contributed by atoms with Crippen molar-refractivity contribution in [2.24, 2.45) is 0 Å². The van der Waals surface area contributed by atoms with E-state index in [2.05, 4.69) is 30.6 Å². The van der Waals surface area contributed by atoms with Crippen molar-refractivity contribution >= 4 is 11.9 Å². The zero-order chi connectivity index (χ0) is 17.9. The number of hydrogen-bond donors (Lipinski definition) is 3. The maximum atomic E-state index is 12.3. The van der Waals surface area contributed by atoms with E-state index in [1.54, 1.807) is 6.20 Å². The molecule has 3 aromatic rings. The van der Waals surface area contributed by atoms with Crippen LogP contribution in [0.5, 0.6) is 0 Å². The molecule has 134 valence electrons. The van der Waals surface area contributed by atoms with Gasteiger partial charge in [0, 0.05) is 24.6 Å². The van der Waals surface area contributed by atoms with E-state index < -0.39 is 0 Å².